The third-order valence-corrected chi connectivity index (χ3v) is 5.57. The molecule has 170 valence electrons. The number of nitrogens with zero attached hydrogens (tertiary/aromatic N) is 2. The number of benzene rings is 2. The first kappa shape index (κ1) is 21.4. The summed E-state index contributed by atoms with van der Waals surface area (Å²) in [5, 5.41) is 5.66. The average Bonchev–Trinajstić information content (AvgIpc) is 3.54. The summed E-state index contributed by atoms with van der Waals surface area (Å²) in [7, 11) is 0. The molecule has 0 saturated carbocycles. The number of rotatable bonds is 5. The van der Waals surface area contributed by atoms with Crippen molar-refractivity contribution >= 4 is 35.3 Å². The number of anilines is 1. The van der Waals surface area contributed by atoms with Crippen molar-refractivity contribution < 1.29 is 28.3 Å². The summed E-state index contributed by atoms with van der Waals surface area (Å²) in [6, 6.07) is 15.5. The molecule has 8 heteroatoms. The Bertz CT molecular complexity index is 1380. The molecule has 2 aromatic carbocycles. The average molecular weight is 456 g/mol. The van der Waals surface area contributed by atoms with Gasteiger partial charge in [-0.1, -0.05) is 6.07 Å². The Labute approximate surface area is 195 Å². The van der Waals surface area contributed by atoms with E-state index in [1.165, 1.54) is 5.01 Å². The highest BCUT2D eigenvalue weighted by Gasteiger charge is 2.29. The highest BCUT2D eigenvalue weighted by Crippen LogP contribution is 2.30. The molecule has 5 rings (SSSR count). The summed E-state index contributed by atoms with van der Waals surface area (Å²) < 4.78 is 16.0. The van der Waals surface area contributed by atoms with Gasteiger partial charge in [0.15, 0.2) is 0 Å². The van der Waals surface area contributed by atoms with Crippen LogP contribution in [-0.2, 0) is 20.9 Å². The maximum Gasteiger partial charge on any atom is 0.338 e. The van der Waals surface area contributed by atoms with Crippen molar-refractivity contribution in [3.8, 4) is 11.3 Å². The van der Waals surface area contributed by atoms with Crippen molar-refractivity contribution in [3.05, 3.63) is 82.6 Å². The summed E-state index contributed by atoms with van der Waals surface area (Å²) in [6.07, 6.45) is 1.65. The lowest BCUT2D eigenvalue weighted by atomic mass is 10.0. The number of carbonyl (C=O) groups excluding carboxylic acids is 3. The first-order chi connectivity index (χ1) is 16.4. The van der Waals surface area contributed by atoms with E-state index in [2.05, 4.69) is 5.10 Å². The first-order valence-electron chi connectivity index (χ1n) is 10.7. The molecule has 0 N–H and O–H groups in total. The van der Waals surface area contributed by atoms with Crippen molar-refractivity contribution in [3.63, 3.8) is 0 Å². The van der Waals surface area contributed by atoms with Gasteiger partial charge < -0.3 is 13.9 Å². The monoisotopic (exact) mass is 456 g/mol. The molecule has 8 nitrogen and oxygen atoms in total. The molecule has 0 spiro atoms. The molecule has 0 fully saturated rings. The molecule has 0 unspecified atom stereocenters. The van der Waals surface area contributed by atoms with E-state index in [9.17, 15) is 14.4 Å². The van der Waals surface area contributed by atoms with Crippen LogP contribution in [0.5, 0.6) is 0 Å². The van der Waals surface area contributed by atoms with Crippen molar-refractivity contribution in [2.75, 3.05) is 11.6 Å². The van der Waals surface area contributed by atoms with Crippen LogP contribution in [0.25, 0.3) is 17.4 Å². The summed E-state index contributed by atoms with van der Waals surface area (Å²) in [6.45, 7) is 4.03. The van der Waals surface area contributed by atoms with Crippen LogP contribution in [0, 0.1) is 0 Å². The zero-order valence-electron chi connectivity index (χ0n) is 18.5. The van der Waals surface area contributed by atoms with E-state index in [0.717, 1.165) is 11.1 Å². The second-order valence-corrected chi connectivity index (χ2v) is 7.78. The van der Waals surface area contributed by atoms with Gasteiger partial charge >= 0.3 is 11.9 Å². The molecule has 0 bridgehead atoms. The lowest BCUT2D eigenvalue weighted by Crippen LogP contribution is -2.21. The van der Waals surface area contributed by atoms with E-state index in [1.807, 2.05) is 12.1 Å². The molecule has 1 amide bonds. The molecular weight excluding hydrogens is 436 g/mol. The van der Waals surface area contributed by atoms with Gasteiger partial charge in [-0.25, -0.2) is 9.59 Å². The van der Waals surface area contributed by atoms with Crippen molar-refractivity contribution in [1.82, 2.24) is 0 Å². The number of hydrazone groups is 1. The normalized spacial score (nSPS) is 16.0. The second-order valence-electron chi connectivity index (χ2n) is 7.78. The van der Waals surface area contributed by atoms with Crippen LogP contribution >= 0.6 is 0 Å². The Kier molecular flexibility index (Phi) is 5.33. The van der Waals surface area contributed by atoms with Gasteiger partial charge in [-0.3, -0.25) is 4.79 Å². The van der Waals surface area contributed by atoms with E-state index >= 15 is 0 Å². The van der Waals surface area contributed by atoms with E-state index in [-0.39, 0.29) is 25.1 Å². The van der Waals surface area contributed by atoms with Gasteiger partial charge in [-0.2, -0.15) is 10.1 Å². The largest absolute Gasteiger partial charge is 0.462 e. The topological polar surface area (TPSA) is 98.4 Å². The third-order valence-electron chi connectivity index (χ3n) is 5.57. The quantitative estimate of drug-likeness (QED) is 0.411. The van der Waals surface area contributed by atoms with Gasteiger partial charge in [0.25, 0.3) is 5.91 Å². The zero-order chi connectivity index (χ0) is 23.8. The second kappa shape index (κ2) is 8.47. The third kappa shape index (κ3) is 3.79. The van der Waals surface area contributed by atoms with Gasteiger partial charge in [-0.05, 0) is 68.5 Å². The maximum atomic E-state index is 13.0. The maximum absolute atomic E-state index is 13.0. The fourth-order valence-electron chi connectivity index (χ4n) is 3.83. The number of cyclic esters (lactones) is 1. The minimum absolute atomic E-state index is 0.250. The van der Waals surface area contributed by atoms with Crippen molar-refractivity contribution in [2.24, 2.45) is 5.10 Å². The molecular formula is C26H20N2O6. The molecule has 0 saturated heterocycles. The summed E-state index contributed by atoms with van der Waals surface area (Å²) in [5.74, 6) is 0.0763. The molecule has 3 aromatic rings. The minimum Gasteiger partial charge on any atom is -0.462 e. The van der Waals surface area contributed by atoms with Crippen LogP contribution in [0.15, 0.2) is 69.7 Å². The van der Waals surface area contributed by atoms with Gasteiger partial charge in [-0.15, -0.1) is 0 Å². The fourth-order valence-corrected chi connectivity index (χ4v) is 3.83. The standard InChI is InChI=1S/C26H20N2O6/c1-3-32-25(30)16-4-7-19(8-5-16)28-24(29)22(15(2)27-28)13-20-9-11-23(34-20)17-6-10-21-18(12-17)14-33-26(21)31/h4-13H,3,14H2,1-2H3/b22-13+. The van der Waals surface area contributed by atoms with Crippen LogP contribution in [0.2, 0.25) is 0 Å². The van der Waals surface area contributed by atoms with Gasteiger partial charge in [0.1, 0.15) is 18.1 Å². The SMILES string of the molecule is CCOC(=O)c1ccc(N2N=C(C)/C(=C\c3ccc(-c4ccc5c(c4)COC5=O)o3)C2=O)cc1. The summed E-state index contributed by atoms with van der Waals surface area (Å²) in [4.78, 5) is 36.5. The van der Waals surface area contributed by atoms with E-state index in [4.69, 9.17) is 13.9 Å². The first-order valence-corrected chi connectivity index (χ1v) is 10.7. The number of ether oxygens (including phenoxy) is 2. The van der Waals surface area contributed by atoms with Crippen LogP contribution in [0.3, 0.4) is 0 Å². The smallest absolute Gasteiger partial charge is 0.338 e. The molecule has 0 atom stereocenters. The van der Waals surface area contributed by atoms with Crippen LogP contribution in [-0.4, -0.2) is 30.2 Å². The van der Waals surface area contributed by atoms with Crippen molar-refractivity contribution in [1.29, 1.82) is 0 Å². The zero-order valence-corrected chi connectivity index (χ0v) is 18.5. The lowest BCUT2D eigenvalue weighted by Gasteiger charge is -2.12. The molecule has 1 aromatic heterocycles. The molecule has 3 heterocycles. The predicted molar refractivity (Wildman–Crippen MR) is 124 cm³/mol. The predicted octanol–water partition coefficient (Wildman–Crippen LogP) is 4.60. The van der Waals surface area contributed by atoms with Gasteiger partial charge in [0.05, 0.1) is 34.7 Å². The number of amides is 1. The molecule has 2 aliphatic heterocycles. The number of esters is 2. The Hall–Kier alpha value is -4.46. The highest BCUT2D eigenvalue weighted by atomic mass is 16.5. The van der Waals surface area contributed by atoms with Crippen molar-refractivity contribution in [2.45, 2.75) is 20.5 Å². The van der Waals surface area contributed by atoms with Crippen LogP contribution in [0.4, 0.5) is 5.69 Å². The van der Waals surface area contributed by atoms with Crippen LogP contribution < -0.4 is 5.01 Å². The lowest BCUT2D eigenvalue weighted by molar-refractivity contribution is -0.114. The molecule has 0 aliphatic carbocycles. The van der Waals surface area contributed by atoms with Crippen LogP contribution in [0.1, 0.15) is 45.9 Å². The Morgan fingerprint density at radius 3 is 2.68 bits per heavy atom. The number of carbonyl (C=O) groups is 3. The molecule has 34 heavy (non-hydrogen) atoms. The Morgan fingerprint density at radius 1 is 1.12 bits per heavy atom. The highest BCUT2D eigenvalue weighted by molar-refractivity contribution is 6.32. The summed E-state index contributed by atoms with van der Waals surface area (Å²) >= 11 is 0. The summed E-state index contributed by atoms with van der Waals surface area (Å²) in [5.41, 5.74) is 4.09. The number of fused-ring (bicyclic) bond motifs is 1. The van der Waals surface area contributed by atoms with Gasteiger partial charge in [0.2, 0.25) is 0 Å². The van der Waals surface area contributed by atoms with Gasteiger partial charge in [0, 0.05) is 11.1 Å². The Morgan fingerprint density at radius 2 is 1.91 bits per heavy atom. The fraction of sp³-hybridized carbons (Fsp3) is 0.154. The van der Waals surface area contributed by atoms with E-state index in [1.54, 1.807) is 62.4 Å². The molecule has 0 radical (unpaired) electrons. The number of hydrogen-bond acceptors (Lipinski definition) is 7. The number of hydrogen-bond donors (Lipinski definition) is 0. The van der Waals surface area contributed by atoms with E-state index in [0.29, 0.717) is 39.6 Å². The molecule has 2 aliphatic rings. The Balaban J connectivity index is 1.36. The number of furan rings is 1. The van der Waals surface area contributed by atoms with E-state index < -0.39 is 5.97 Å². The minimum atomic E-state index is -0.418.